The molecule has 1 aromatic rings. The fraction of sp³-hybridized carbons (Fsp3) is 0.706. The molecule has 2 heterocycles. The molecular weight excluding hydrogens is 308 g/mol. The molecule has 1 saturated carbocycles. The van der Waals surface area contributed by atoms with E-state index in [0.29, 0.717) is 49.3 Å². The summed E-state index contributed by atoms with van der Waals surface area (Å²) in [5.41, 5.74) is 6.15. The van der Waals surface area contributed by atoms with E-state index in [0.717, 1.165) is 12.8 Å². The van der Waals surface area contributed by atoms with Crippen molar-refractivity contribution in [3.8, 4) is 0 Å². The van der Waals surface area contributed by atoms with Gasteiger partial charge in [-0.1, -0.05) is 6.92 Å². The van der Waals surface area contributed by atoms with Crippen molar-refractivity contribution < 1.29 is 14.0 Å². The summed E-state index contributed by atoms with van der Waals surface area (Å²) in [7, 11) is 0. The van der Waals surface area contributed by atoms with Gasteiger partial charge < -0.3 is 15.1 Å². The lowest BCUT2D eigenvalue weighted by molar-refractivity contribution is -0.124. The number of nitrogens with two attached hydrogens (primary N) is 1. The first-order valence-corrected chi connectivity index (χ1v) is 8.74. The van der Waals surface area contributed by atoms with Crippen LogP contribution in [0.4, 0.5) is 0 Å². The zero-order valence-corrected chi connectivity index (χ0v) is 14.6. The first-order chi connectivity index (χ1) is 11.4. The zero-order valence-electron chi connectivity index (χ0n) is 14.6. The first-order valence-electron chi connectivity index (χ1n) is 8.74. The molecule has 2 N–H and O–H groups in total. The van der Waals surface area contributed by atoms with Crippen LogP contribution in [0.3, 0.4) is 0 Å². The minimum atomic E-state index is -0.301. The molecule has 132 valence electrons. The van der Waals surface area contributed by atoms with E-state index in [9.17, 15) is 9.59 Å². The summed E-state index contributed by atoms with van der Waals surface area (Å²) >= 11 is 0. The Morgan fingerprint density at radius 3 is 2.62 bits per heavy atom. The molecule has 3 rings (SSSR count). The summed E-state index contributed by atoms with van der Waals surface area (Å²) in [6.07, 6.45) is 2.87. The fourth-order valence-corrected chi connectivity index (χ4v) is 3.46. The molecule has 1 aliphatic carbocycles. The van der Waals surface area contributed by atoms with Gasteiger partial charge in [-0.05, 0) is 33.1 Å². The van der Waals surface area contributed by atoms with Crippen LogP contribution in [-0.4, -0.2) is 58.3 Å². The number of piperazine rings is 1. The number of oxazole rings is 1. The van der Waals surface area contributed by atoms with E-state index in [4.69, 9.17) is 10.2 Å². The van der Waals surface area contributed by atoms with E-state index < -0.39 is 0 Å². The van der Waals surface area contributed by atoms with Crippen molar-refractivity contribution in [3.05, 3.63) is 17.3 Å². The van der Waals surface area contributed by atoms with Crippen LogP contribution in [0.2, 0.25) is 0 Å². The minimum absolute atomic E-state index is 0.00600. The van der Waals surface area contributed by atoms with Gasteiger partial charge in [0.05, 0.1) is 11.7 Å². The van der Waals surface area contributed by atoms with Crippen LogP contribution in [0.1, 0.15) is 61.2 Å². The lowest BCUT2D eigenvalue weighted by Gasteiger charge is -2.41. The van der Waals surface area contributed by atoms with Gasteiger partial charge in [0.25, 0.3) is 5.91 Å². The molecule has 2 fully saturated rings. The number of hydrogen-bond acceptors (Lipinski definition) is 5. The molecule has 0 spiro atoms. The van der Waals surface area contributed by atoms with Crippen LogP contribution in [0.15, 0.2) is 4.42 Å². The molecule has 1 unspecified atom stereocenters. The standard InChI is InChI=1S/C17H26N4O3/c1-4-13(15(18)22)20-7-8-21(10(2)9-20)17(23)14-11(3)19-16(24-14)12-5-6-12/h10,12-13H,4-9H2,1-3H3,(H2,18,22)/t10-,13?/m0/s1. The van der Waals surface area contributed by atoms with E-state index >= 15 is 0 Å². The third-order valence-corrected chi connectivity index (χ3v) is 5.01. The predicted octanol–water partition coefficient (Wildman–Crippen LogP) is 1.27. The van der Waals surface area contributed by atoms with Crippen LogP contribution in [-0.2, 0) is 4.79 Å². The molecule has 7 nitrogen and oxygen atoms in total. The lowest BCUT2D eigenvalue weighted by atomic mass is 10.1. The molecule has 1 aliphatic heterocycles. The van der Waals surface area contributed by atoms with Crippen molar-refractivity contribution in [2.75, 3.05) is 19.6 Å². The lowest BCUT2D eigenvalue weighted by Crippen LogP contribution is -2.58. The van der Waals surface area contributed by atoms with Gasteiger partial charge >= 0.3 is 0 Å². The molecule has 0 aromatic carbocycles. The van der Waals surface area contributed by atoms with Crippen molar-refractivity contribution in [3.63, 3.8) is 0 Å². The second-order valence-corrected chi connectivity index (χ2v) is 6.91. The topological polar surface area (TPSA) is 92.7 Å². The molecular formula is C17H26N4O3. The van der Waals surface area contributed by atoms with E-state index in [2.05, 4.69) is 9.88 Å². The maximum absolute atomic E-state index is 12.8. The van der Waals surface area contributed by atoms with Gasteiger partial charge in [0.1, 0.15) is 0 Å². The molecule has 0 radical (unpaired) electrons. The second kappa shape index (κ2) is 6.55. The number of rotatable bonds is 5. The molecule has 2 atom stereocenters. The Morgan fingerprint density at radius 1 is 1.38 bits per heavy atom. The van der Waals surface area contributed by atoms with Gasteiger partial charge in [0, 0.05) is 31.6 Å². The molecule has 1 saturated heterocycles. The molecule has 7 heteroatoms. The van der Waals surface area contributed by atoms with E-state index in [1.807, 2.05) is 25.7 Å². The normalized spacial score (nSPS) is 23.3. The van der Waals surface area contributed by atoms with Crippen molar-refractivity contribution in [1.82, 2.24) is 14.8 Å². The summed E-state index contributed by atoms with van der Waals surface area (Å²) in [5.74, 6) is 1.04. The molecule has 1 aromatic heterocycles. The number of amides is 2. The minimum Gasteiger partial charge on any atom is -0.435 e. The van der Waals surface area contributed by atoms with Gasteiger partial charge in [-0.2, -0.15) is 0 Å². The third kappa shape index (κ3) is 3.17. The SMILES string of the molecule is CCC(C(N)=O)N1CCN(C(=O)c2oc(C3CC3)nc2C)[C@@H](C)C1. The highest BCUT2D eigenvalue weighted by Gasteiger charge is 2.36. The fourth-order valence-electron chi connectivity index (χ4n) is 3.46. The number of hydrogen-bond donors (Lipinski definition) is 1. The van der Waals surface area contributed by atoms with Gasteiger partial charge in [0.2, 0.25) is 11.7 Å². The Balaban J connectivity index is 1.70. The maximum atomic E-state index is 12.8. The predicted molar refractivity (Wildman–Crippen MR) is 88.6 cm³/mol. The first kappa shape index (κ1) is 17.0. The van der Waals surface area contributed by atoms with Gasteiger partial charge in [-0.3, -0.25) is 14.5 Å². The third-order valence-electron chi connectivity index (χ3n) is 5.01. The van der Waals surface area contributed by atoms with Gasteiger partial charge in [-0.15, -0.1) is 0 Å². The van der Waals surface area contributed by atoms with Crippen molar-refractivity contribution in [2.24, 2.45) is 5.73 Å². The largest absolute Gasteiger partial charge is 0.435 e. The van der Waals surface area contributed by atoms with E-state index in [1.54, 1.807) is 0 Å². The van der Waals surface area contributed by atoms with E-state index in [1.165, 1.54) is 0 Å². The quantitative estimate of drug-likeness (QED) is 0.875. The maximum Gasteiger partial charge on any atom is 0.291 e. The highest BCUT2D eigenvalue weighted by atomic mass is 16.4. The van der Waals surface area contributed by atoms with Crippen LogP contribution in [0, 0.1) is 6.92 Å². The Morgan fingerprint density at radius 2 is 2.08 bits per heavy atom. The van der Waals surface area contributed by atoms with E-state index in [-0.39, 0.29) is 23.9 Å². The average Bonchev–Trinajstić information content (AvgIpc) is 3.30. The van der Waals surface area contributed by atoms with Crippen molar-refractivity contribution >= 4 is 11.8 Å². The van der Waals surface area contributed by atoms with Crippen molar-refractivity contribution in [2.45, 2.75) is 58.0 Å². The number of aromatic nitrogens is 1. The van der Waals surface area contributed by atoms with Crippen LogP contribution >= 0.6 is 0 Å². The van der Waals surface area contributed by atoms with Crippen molar-refractivity contribution in [1.29, 1.82) is 0 Å². The Kier molecular flexibility index (Phi) is 4.62. The number of primary amides is 1. The Labute approximate surface area is 142 Å². The van der Waals surface area contributed by atoms with Crippen LogP contribution in [0.5, 0.6) is 0 Å². The Hall–Kier alpha value is -1.89. The molecule has 24 heavy (non-hydrogen) atoms. The summed E-state index contributed by atoms with van der Waals surface area (Å²) in [6.45, 7) is 7.60. The van der Waals surface area contributed by atoms with Crippen LogP contribution in [0.25, 0.3) is 0 Å². The second-order valence-electron chi connectivity index (χ2n) is 6.91. The van der Waals surface area contributed by atoms with Crippen LogP contribution < -0.4 is 5.73 Å². The number of carbonyl (C=O) groups is 2. The summed E-state index contributed by atoms with van der Waals surface area (Å²) in [4.78, 5) is 32.7. The molecule has 2 amide bonds. The zero-order chi connectivity index (χ0) is 17.4. The monoisotopic (exact) mass is 334 g/mol. The summed E-state index contributed by atoms with van der Waals surface area (Å²) in [6, 6.07) is -0.272. The highest BCUT2D eigenvalue weighted by Crippen LogP contribution is 2.40. The van der Waals surface area contributed by atoms with Gasteiger partial charge in [-0.25, -0.2) is 4.98 Å². The molecule has 0 bridgehead atoms. The number of aryl methyl sites for hydroxylation is 1. The number of nitrogens with zero attached hydrogens (tertiary/aromatic N) is 3. The highest BCUT2D eigenvalue weighted by molar-refractivity contribution is 5.92. The smallest absolute Gasteiger partial charge is 0.291 e. The summed E-state index contributed by atoms with van der Waals surface area (Å²) in [5, 5.41) is 0. The Bertz CT molecular complexity index is 638. The summed E-state index contributed by atoms with van der Waals surface area (Å²) < 4.78 is 5.75. The number of carbonyl (C=O) groups excluding carboxylic acids is 2. The molecule has 2 aliphatic rings. The average molecular weight is 334 g/mol. The van der Waals surface area contributed by atoms with Gasteiger partial charge in [0.15, 0.2) is 5.89 Å².